The van der Waals surface area contributed by atoms with Crippen LogP contribution in [0.3, 0.4) is 0 Å². The van der Waals surface area contributed by atoms with Crippen molar-refractivity contribution < 1.29 is 0 Å². The quantitative estimate of drug-likeness (QED) is 0.349. The van der Waals surface area contributed by atoms with Gasteiger partial charge in [0.05, 0.1) is 0 Å². The molecule has 2 radical (unpaired) electrons. The number of hydrogen-bond acceptors (Lipinski definition) is 0. The molecule has 0 fully saturated rings. The van der Waals surface area contributed by atoms with Crippen molar-refractivity contribution in [3.8, 4) is 12.8 Å². The Bertz CT molecular complexity index is 15.5. The van der Waals surface area contributed by atoms with Gasteiger partial charge in [-0.3, -0.25) is 0 Å². The van der Waals surface area contributed by atoms with Crippen LogP contribution in [0.15, 0.2) is 0 Å². The zero-order valence-corrected chi connectivity index (χ0v) is 2.15. The molecule has 0 aromatic heterocycles. The van der Waals surface area contributed by atoms with Gasteiger partial charge in [-0.15, -0.1) is 12.8 Å². The van der Waals surface area contributed by atoms with Gasteiger partial charge in [-0.1, -0.05) is 0 Å². The summed E-state index contributed by atoms with van der Waals surface area (Å²) in [5, 5.41) is 0. The first-order valence-corrected chi connectivity index (χ1v) is 0.577. The van der Waals surface area contributed by atoms with E-state index in [0.29, 0.717) is 0 Å². The monoisotopic (exact) mass is 50.0 g/mol. The molecule has 4 heavy (non-hydrogen) atoms. The zero-order chi connectivity index (χ0) is 4.00. The van der Waals surface area contributed by atoms with E-state index in [1.54, 1.807) is 0 Å². The highest BCUT2D eigenvalue weighted by Gasteiger charge is 0.519. The molecular weight excluding hydrogens is 48.0 g/mol. The molecule has 0 unspecified atom stereocenters. The lowest BCUT2D eigenvalue weighted by Crippen LogP contribution is -0.537. The summed E-state index contributed by atoms with van der Waals surface area (Å²) in [7, 11) is 0. The van der Waals surface area contributed by atoms with E-state index < -0.39 is 0 Å². The first-order chi connectivity index (χ1) is 2.00. The molecule has 18 valence electrons. The summed E-state index contributed by atoms with van der Waals surface area (Å²) >= 11 is 0. The van der Waals surface area contributed by atoms with E-state index in [4.69, 9.17) is 12.8 Å². The Kier molecular flexibility index (Phi) is 9.60. The average Bonchev–Trinajstić information content (AvgIpc) is 1.50. The van der Waals surface area contributed by atoms with Gasteiger partial charge < -0.3 is 0 Å². The van der Waals surface area contributed by atoms with Crippen LogP contribution in [-0.2, 0) is 0 Å². The molecule has 0 heterocycles. The van der Waals surface area contributed by atoms with Crippen molar-refractivity contribution in [2.75, 3.05) is 0 Å². The molecule has 0 saturated heterocycles. The summed E-state index contributed by atoms with van der Waals surface area (Å²) in [6.45, 7) is 0. The molecule has 0 aromatic carbocycles. The Morgan fingerprint density at radius 1 is 0.750 bits per heavy atom. The Morgan fingerprint density at radius 3 is 0.750 bits per heavy atom. The Morgan fingerprint density at radius 2 is 0.750 bits per heavy atom. The van der Waals surface area contributed by atoms with Gasteiger partial charge >= 0.3 is 0 Å². The van der Waals surface area contributed by atoms with Gasteiger partial charge in [0.2, 0.25) is 0 Å². The molecule has 0 aromatic rings. The topological polar surface area (TPSA) is 0 Å². The summed E-state index contributed by atoms with van der Waals surface area (Å²) in [4.78, 5) is 0. The Balaban J connectivity index is 0. The van der Waals surface area contributed by atoms with Crippen LogP contribution in [0.1, 0.15) is 0 Å². The van der Waals surface area contributed by atoms with E-state index in [9.17, 15) is 0 Å². The molecule has 0 aliphatic heterocycles. The minimum Gasteiger partial charge on any atom is -0.106 e. The van der Waals surface area contributed by atoms with Crippen molar-refractivity contribution in [3.63, 3.8) is 0 Å². The fraction of sp³-hybridized carbons (Fsp3) is 0. The standard InChI is InChI=1S/2C2H/c2*1-2/h2*1H. The summed E-state index contributed by atoms with van der Waals surface area (Å²) in [5.74, 6) is 0. The van der Waals surface area contributed by atoms with E-state index in [0.717, 1.165) is 0 Å². The van der Waals surface area contributed by atoms with Crippen molar-refractivity contribution in [2.45, 2.75) is 0 Å². The van der Waals surface area contributed by atoms with E-state index in [1.165, 1.54) is 0 Å². The molecule has 0 nitrogen and oxygen atoms in total. The van der Waals surface area contributed by atoms with E-state index in [2.05, 4.69) is 12.8 Å². The van der Waals surface area contributed by atoms with Gasteiger partial charge in [-0.05, 0) is 12.8 Å². The van der Waals surface area contributed by atoms with E-state index in [1.807, 2.05) is 0 Å². The first-order valence-electron chi connectivity index (χ1n) is 0.577. The highest BCUT2D eigenvalue weighted by Crippen LogP contribution is 0.622. The summed E-state index contributed by atoms with van der Waals surface area (Å²) in [6, 6.07) is 0. The SMILES string of the molecule is [C]#C.[C]#C. The predicted octanol–water partition coefficient (Wildman–Crippen LogP) is 0.412. The van der Waals surface area contributed by atoms with Crippen molar-refractivity contribution in [1.29, 1.82) is 0 Å². The van der Waals surface area contributed by atoms with Crippen molar-refractivity contribution >= 4 is 0 Å². The normalized spacial score (nSPS) is 1.00. The third kappa shape index (κ3) is 0.0208. The maximum Gasteiger partial charge on any atom is -0.0191 e. The molecule has 0 aliphatic rings. The second-order valence-electron chi connectivity index (χ2n) is 0. The molecule has 0 atom stereocenters. The van der Waals surface area contributed by atoms with Crippen LogP contribution in [0, 0.1) is 25.7 Å². The molecule has 0 heteroatoms. The summed E-state index contributed by atoms with van der Waals surface area (Å²) < 4.78 is 0. The van der Waals surface area contributed by atoms with Crippen LogP contribution in [0.25, 0.3) is 0 Å². The fourth-order valence-corrected chi connectivity index (χ4v) is 0. The van der Waals surface area contributed by atoms with E-state index in [-0.39, 0.29) is 0 Å². The summed E-state index contributed by atoms with van der Waals surface area (Å²) in [5.41, 5.74) is 0. The lowest BCUT2D eigenvalue weighted by Gasteiger charge is -0.641. The lowest BCUT2D eigenvalue weighted by molar-refractivity contribution is 2.90. The van der Waals surface area contributed by atoms with Gasteiger partial charge in [-0.2, -0.15) is 0 Å². The second kappa shape index (κ2) is 3.43. The van der Waals surface area contributed by atoms with Crippen LogP contribution >= 0.6 is 0 Å². The van der Waals surface area contributed by atoms with E-state index >= 15 is 0 Å². The minimum atomic E-state index is 3.75. The third-order valence-electron chi connectivity index (χ3n) is 0. The van der Waals surface area contributed by atoms with Crippen molar-refractivity contribution in [1.82, 2.24) is 0 Å². The van der Waals surface area contributed by atoms with Gasteiger partial charge in [-0.25, -0.2) is 0 Å². The molecular formula is C4H2. The Labute approximate surface area is 26.8 Å². The lowest BCUT2D eigenvalue weighted by atomic mass is 11.4. The minimum absolute atomic E-state index is 3.75. The van der Waals surface area contributed by atoms with Crippen LogP contribution in [0.4, 0.5) is 0 Å². The first kappa shape index (κ1) is 11.2. The maximum atomic E-state index is 5.25. The molecule has 0 spiro atoms. The largest absolute Gasteiger partial charge is 0.106 e. The Hall–Kier alpha value is -0.880. The van der Waals surface area contributed by atoms with Crippen LogP contribution in [-0.4, -0.2) is 0 Å². The third-order valence-corrected chi connectivity index (χ3v) is 0. The van der Waals surface area contributed by atoms with Gasteiger partial charge in [0.1, 0.15) is 0 Å². The van der Waals surface area contributed by atoms with Crippen molar-refractivity contribution in [3.05, 3.63) is 12.8 Å². The molecule has 0 amide bonds. The fourth-order valence-electron chi connectivity index (χ4n) is 0. The number of rotatable bonds is 0. The van der Waals surface area contributed by atoms with Crippen LogP contribution in [0.2, 0.25) is 0 Å². The smallest absolute Gasteiger partial charge is 0.0191 e. The van der Waals surface area contributed by atoms with Gasteiger partial charge in [0, 0.05) is 0 Å². The van der Waals surface area contributed by atoms with Crippen LogP contribution in [0.5, 0.6) is 0 Å². The molecule has 0 saturated carbocycles. The summed E-state index contributed by atoms with van der Waals surface area (Å²) in [6.07, 6.45) is 18.0. The maximum absolute atomic E-state index is 5.25. The highest BCUT2D eigenvalue weighted by atomic mass is 12.6. The molecule has 0 bridgehead atoms. The average molecular weight is 50.1 g/mol. The van der Waals surface area contributed by atoms with Crippen molar-refractivity contribution in [2.24, 2.45) is 0 Å². The van der Waals surface area contributed by atoms with Gasteiger partial charge in [0.15, 0.2) is 0 Å². The van der Waals surface area contributed by atoms with Crippen LogP contribution < -0.4 is 0 Å². The molecule has 0 N–H and O–H groups in total. The molecule has 0 aliphatic carbocycles. The number of terminal acetylenes is 2. The number of hydrogen-bond donors (Lipinski definition) is 0. The molecule has 0 rings (SSSR count). The zero-order valence-electron chi connectivity index (χ0n) is 2.15. The highest BCUT2D eigenvalue weighted by molar-refractivity contribution is 4.23. The predicted molar refractivity (Wildman–Crippen MR) is 16.4 cm³/mol. The second-order valence-corrected chi connectivity index (χ2v) is 0. The van der Waals surface area contributed by atoms with Gasteiger partial charge in [0.25, 0.3) is 0 Å².